The van der Waals surface area contributed by atoms with Gasteiger partial charge >= 0.3 is 14.7 Å². The fraction of sp³-hybridized carbons (Fsp3) is 1.00. The van der Waals surface area contributed by atoms with Crippen LogP contribution in [0.2, 0.25) is 12.6 Å². The molecule has 1 atom stereocenters. The van der Waals surface area contributed by atoms with Crippen LogP contribution >= 0.6 is 11.6 Å². The van der Waals surface area contributed by atoms with Gasteiger partial charge in [0.2, 0.25) is 0 Å². The zero-order valence-electron chi connectivity index (χ0n) is 9.03. The van der Waals surface area contributed by atoms with Gasteiger partial charge in [-0.25, -0.2) is 0 Å². The summed E-state index contributed by atoms with van der Waals surface area (Å²) >= 11 is 5.26. The predicted molar refractivity (Wildman–Crippen MR) is 55.4 cm³/mol. The smallest absolute Gasteiger partial charge is 0.395 e. The molecule has 15 heavy (non-hydrogen) atoms. The first-order valence-electron chi connectivity index (χ1n) is 4.74. The van der Waals surface area contributed by atoms with Crippen LogP contribution < -0.4 is 0 Å². The summed E-state index contributed by atoms with van der Waals surface area (Å²) in [5.41, 5.74) is 0. The van der Waals surface area contributed by atoms with Crippen LogP contribution in [0.25, 0.3) is 0 Å². The molecule has 0 bridgehead atoms. The molecule has 0 aromatic carbocycles. The third-order valence-electron chi connectivity index (χ3n) is 1.80. The maximum atomic E-state index is 12.2. The fourth-order valence-electron chi connectivity index (χ4n) is 1.21. The van der Waals surface area contributed by atoms with Crippen molar-refractivity contribution in [2.45, 2.75) is 38.0 Å². The van der Waals surface area contributed by atoms with Gasteiger partial charge in [0.25, 0.3) is 0 Å². The molecule has 0 aliphatic heterocycles. The lowest BCUT2D eigenvalue weighted by Crippen LogP contribution is -2.44. The molecule has 0 aliphatic carbocycles. The zero-order valence-corrected chi connectivity index (χ0v) is 10.8. The second kappa shape index (κ2) is 6.08. The molecule has 0 fully saturated rings. The molecule has 0 heterocycles. The topological polar surface area (TPSA) is 18.5 Å². The van der Waals surface area contributed by atoms with E-state index in [4.69, 9.17) is 20.5 Å². The highest BCUT2D eigenvalue weighted by molar-refractivity contribution is 6.67. The zero-order chi connectivity index (χ0) is 12.1. The van der Waals surface area contributed by atoms with E-state index in [9.17, 15) is 13.2 Å². The lowest BCUT2D eigenvalue weighted by Gasteiger charge is -2.28. The summed E-state index contributed by atoms with van der Waals surface area (Å²) in [4.78, 5) is 0. The molecule has 7 heteroatoms. The number of halogens is 4. The Morgan fingerprint density at radius 1 is 1.20 bits per heavy atom. The van der Waals surface area contributed by atoms with E-state index in [1.165, 1.54) is 0 Å². The van der Waals surface area contributed by atoms with Crippen molar-refractivity contribution in [1.29, 1.82) is 0 Å². The standard InChI is InChI=1S/C8H16ClF3O2Si/c1-4-13-15(3,14-5-2)6-7(9)8(10,11)12/h7H,4-6H2,1-3H3. The molecule has 2 nitrogen and oxygen atoms in total. The van der Waals surface area contributed by atoms with Crippen LogP contribution in [0.5, 0.6) is 0 Å². The average molecular weight is 265 g/mol. The Labute approximate surface area is 93.9 Å². The van der Waals surface area contributed by atoms with E-state index in [-0.39, 0.29) is 6.04 Å². The fourth-order valence-corrected chi connectivity index (χ4v) is 4.48. The number of hydrogen-bond donors (Lipinski definition) is 0. The van der Waals surface area contributed by atoms with Crippen molar-refractivity contribution >= 4 is 20.2 Å². The van der Waals surface area contributed by atoms with E-state index >= 15 is 0 Å². The third-order valence-corrected chi connectivity index (χ3v) is 5.41. The van der Waals surface area contributed by atoms with Gasteiger partial charge in [-0.2, -0.15) is 13.2 Å². The highest BCUT2D eigenvalue weighted by Crippen LogP contribution is 2.32. The normalized spacial score (nSPS) is 15.4. The van der Waals surface area contributed by atoms with Crippen molar-refractivity contribution in [3.63, 3.8) is 0 Å². The van der Waals surface area contributed by atoms with Gasteiger partial charge < -0.3 is 8.85 Å². The Morgan fingerprint density at radius 2 is 1.60 bits per heavy atom. The van der Waals surface area contributed by atoms with Crippen LogP contribution in [-0.2, 0) is 8.85 Å². The van der Waals surface area contributed by atoms with Gasteiger partial charge in [-0.05, 0) is 20.4 Å². The Morgan fingerprint density at radius 3 is 1.87 bits per heavy atom. The minimum Gasteiger partial charge on any atom is -0.395 e. The largest absolute Gasteiger partial charge is 0.404 e. The molecule has 0 rings (SSSR count). The minimum absolute atomic E-state index is 0.278. The molecule has 0 saturated carbocycles. The molecule has 0 radical (unpaired) electrons. The van der Waals surface area contributed by atoms with Crippen molar-refractivity contribution in [2.24, 2.45) is 0 Å². The van der Waals surface area contributed by atoms with Crippen molar-refractivity contribution < 1.29 is 22.0 Å². The second-order valence-corrected chi connectivity index (χ2v) is 6.99. The second-order valence-electron chi connectivity index (χ2n) is 3.21. The van der Waals surface area contributed by atoms with Gasteiger partial charge in [0.05, 0.1) is 0 Å². The Balaban J connectivity index is 4.40. The maximum absolute atomic E-state index is 12.2. The van der Waals surface area contributed by atoms with E-state index in [1.54, 1.807) is 20.4 Å². The van der Waals surface area contributed by atoms with Crippen molar-refractivity contribution in [1.82, 2.24) is 0 Å². The summed E-state index contributed by atoms with van der Waals surface area (Å²) in [6.45, 7) is 5.72. The molecule has 0 amide bonds. The van der Waals surface area contributed by atoms with Crippen LogP contribution in [0.1, 0.15) is 13.8 Å². The van der Waals surface area contributed by atoms with Gasteiger partial charge in [-0.3, -0.25) is 0 Å². The van der Waals surface area contributed by atoms with Gasteiger partial charge in [-0.15, -0.1) is 11.6 Å². The third kappa shape index (κ3) is 5.75. The lowest BCUT2D eigenvalue weighted by molar-refractivity contribution is -0.128. The average Bonchev–Trinajstić information content (AvgIpc) is 2.02. The maximum Gasteiger partial charge on any atom is 0.404 e. The summed E-state index contributed by atoms with van der Waals surface area (Å²) in [5.74, 6) is 0. The quantitative estimate of drug-likeness (QED) is 0.541. The number of alkyl halides is 4. The van der Waals surface area contributed by atoms with E-state index < -0.39 is 20.1 Å². The Kier molecular flexibility index (Phi) is 6.16. The summed E-state index contributed by atoms with van der Waals surface area (Å²) < 4.78 is 47.3. The molecular formula is C8H16ClF3O2Si. The highest BCUT2D eigenvalue weighted by atomic mass is 35.5. The van der Waals surface area contributed by atoms with Crippen molar-refractivity contribution in [3.8, 4) is 0 Å². The number of hydrogen-bond acceptors (Lipinski definition) is 2. The first-order valence-corrected chi connectivity index (χ1v) is 7.70. The van der Waals surface area contributed by atoms with E-state index in [0.29, 0.717) is 13.2 Å². The van der Waals surface area contributed by atoms with Gasteiger partial charge in [0.1, 0.15) is 5.38 Å². The Bertz CT molecular complexity index is 183. The SMILES string of the molecule is CCO[Si](C)(CC(Cl)C(F)(F)F)OCC. The van der Waals surface area contributed by atoms with Crippen molar-refractivity contribution in [3.05, 3.63) is 0 Å². The summed E-state index contributed by atoms with van der Waals surface area (Å²) in [6, 6.07) is -0.278. The van der Waals surface area contributed by atoms with Gasteiger partial charge in [0.15, 0.2) is 0 Å². The molecule has 0 spiro atoms. The molecular weight excluding hydrogens is 249 g/mol. The van der Waals surface area contributed by atoms with Crippen LogP contribution in [0.15, 0.2) is 0 Å². The number of rotatable bonds is 6. The molecule has 92 valence electrons. The van der Waals surface area contributed by atoms with Crippen LogP contribution in [0, 0.1) is 0 Å². The van der Waals surface area contributed by atoms with E-state index in [2.05, 4.69) is 0 Å². The molecule has 0 N–H and O–H groups in total. The Hall–Kier alpha value is 0.217. The highest BCUT2D eigenvalue weighted by Gasteiger charge is 2.45. The molecule has 1 unspecified atom stereocenters. The van der Waals surface area contributed by atoms with Gasteiger partial charge in [0, 0.05) is 19.3 Å². The van der Waals surface area contributed by atoms with E-state index in [1.807, 2.05) is 0 Å². The summed E-state index contributed by atoms with van der Waals surface area (Å²) in [5, 5.41) is -1.90. The first-order chi connectivity index (χ1) is 6.75. The van der Waals surface area contributed by atoms with E-state index in [0.717, 1.165) is 0 Å². The van der Waals surface area contributed by atoms with Gasteiger partial charge in [-0.1, -0.05) is 0 Å². The van der Waals surface area contributed by atoms with Crippen LogP contribution in [0.4, 0.5) is 13.2 Å². The molecule has 0 aromatic heterocycles. The monoisotopic (exact) mass is 264 g/mol. The van der Waals surface area contributed by atoms with Crippen LogP contribution in [0.3, 0.4) is 0 Å². The lowest BCUT2D eigenvalue weighted by atomic mass is 10.5. The molecule has 0 aromatic rings. The molecule has 0 aliphatic rings. The minimum atomic E-state index is -4.40. The predicted octanol–water partition coefficient (Wildman–Crippen LogP) is 3.30. The molecule has 0 saturated heterocycles. The first kappa shape index (κ1) is 15.2. The summed E-state index contributed by atoms with van der Waals surface area (Å²) in [6.07, 6.45) is -4.40. The summed E-state index contributed by atoms with van der Waals surface area (Å²) in [7, 11) is -2.77. The van der Waals surface area contributed by atoms with Crippen LogP contribution in [-0.4, -0.2) is 33.3 Å². The van der Waals surface area contributed by atoms with Crippen molar-refractivity contribution in [2.75, 3.05) is 13.2 Å².